The number of nitriles is 1. The Morgan fingerprint density at radius 2 is 1.79 bits per heavy atom. The van der Waals surface area contributed by atoms with Crippen molar-refractivity contribution in [1.82, 2.24) is 9.80 Å². The van der Waals surface area contributed by atoms with Gasteiger partial charge in [0.25, 0.3) is 0 Å². The highest BCUT2D eigenvalue weighted by atomic mass is 15.3. The van der Waals surface area contributed by atoms with E-state index in [-0.39, 0.29) is 5.92 Å². The molecular formula is C16H23N3. The van der Waals surface area contributed by atoms with Crippen LogP contribution in [-0.4, -0.2) is 48.6 Å². The standard InChI is InChI=1S/C16H23N3/c1-13-10-19(11-14(2)18(13)3)12-16(9-17)15-7-5-4-6-8-15/h4-8,13-14,16H,10-12H2,1-3H3. The third kappa shape index (κ3) is 3.34. The maximum atomic E-state index is 9.41. The van der Waals surface area contributed by atoms with Gasteiger partial charge in [-0.3, -0.25) is 9.80 Å². The van der Waals surface area contributed by atoms with E-state index in [9.17, 15) is 5.26 Å². The van der Waals surface area contributed by atoms with Gasteiger partial charge in [0.2, 0.25) is 0 Å². The number of likely N-dealkylation sites (N-methyl/N-ethyl adjacent to an activating group) is 1. The molecule has 3 heteroatoms. The van der Waals surface area contributed by atoms with E-state index < -0.39 is 0 Å². The summed E-state index contributed by atoms with van der Waals surface area (Å²) in [7, 11) is 2.19. The lowest BCUT2D eigenvalue weighted by molar-refractivity contribution is 0.0590. The Balaban J connectivity index is 2.02. The van der Waals surface area contributed by atoms with E-state index in [2.05, 4.69) is 48.9 Å². The largest absolute Gasteiger partial charge is 0.299 e. The van der Waals surface area contributed by atoms with Gasteiger partial charge < -0.3 is 0 Å². The van der Waals surface area contributed by atoms with E-state index >= 15 is 0 Å². The minimum atomic E-state index is -0.0241. The zero-order chi connectivity index (χ0) is 13.8. The van der Waals surface area contributed by atoms with Gasteiger partial charge in [0.1, 0.15) is 0 Å². The van der Waals surface area contributed by atoms with Gasteiger partial charge in [0, 0.05) is 31.7 Å². The van der Waals surface area contributed by atoms with Crippen molar-refractivity contribution >= 4 is 0 Å². The van der Waals surface area contributed by atoms with Crippen LogP contribution in [0.25, 0.3) is 0 Å². The summed E-state index contributed by atoms with van der Waals surface area (Å²) in [6.07, 6.45) is 0. The molecule has 0 amide bonds. The highest BCUT2D eigenvalue weighted by molar-refractivity contribution is 5.25. The lowest BCUT2D eigenvalue weighted by Gasteiger charge is -2.43. The Kier molecular flexibility index (Phi) is 4.57. The average molecular weight is 257 g/mol. The third-order valence-electron chi connectivity index (χ3n) is 4.23. The second-order valence-corrected chi connectivity index (χ2v) is 5.67. The maximum absolute atomic E-state index is 9.41. The molecule has 0 N–H and O–H groups in total. The minimum Gasteiger partial charge on any atom is -0.299 e. The molecule has 1 saturated heterocycles. The Bertz CT molecular complexity index is 425. The fourth-order valence-electron chi connectivity index (χ4n) is 2.83. The van der Waals surface area contributed by atoms with Crippen molar-refractivity contribution < 1.29 is 0 Å². The first-order valence-corrected chi connectivity index (χ1v) is 7.00. The van der Waals surface area contributed by atoms with Gasteiger partial charge in [-0.1, -0.05) is 30.3 Å². The summed E-state index contributed by atoms with van der Waals surface area (Å²) in [4.78, 5) is 4.84. The Morgan fingerprint density at radius 1 is 1.21 bits per heavy atom. The predicted molar refractivity (Wildman–Crippen MR) is 77.9 cm³/mol. The molecule has 0 aromatic heterocycles. The molecule has 2 rings (SSSR count). The van der Waals surface area contributed by atoms with Crippen molar-refractivity contribution in [1.29, 1.82) is 5.26 Å². The molecule has 0 radical (unpaired) electrons. The number of hydrogen-bond acceptors (Lipinski definition) is 3. The van der Waals surface area contributed by atoms with Crippen molar-refractivity contribution in [2.45, 2.75) is 31.8 Å². The van der Waals surface area contributed by atoms with Crippen LogP contribution in [0, 0.1) is 11.3 Å². The van der Waals surface area contributed by atoms with Crippen LogP contribution in [0.1, 0.15) is 25.3 Å². The number of benzene rings is 1. The summed E-state index contributed by atoms with van der Waals surface area (Å²) in [5.41, 5.74) is 1.13. The van der Waals surface area contributed by atoms with Crippen LogP contribution in [-0.2, 0) is 0 Å². The summed E-state index contributed by atoms with van der Waals surface area (Å²) in [6, 6.07) is 13.7. The number of rotatable bonds is 3. The van der Waals surface area contributed by atoms with Crippen LogP contribution in [0.2, 0.25) is 0 Å². The molecule has 3 unspecified atom stereocenters. The molecule has 0 bridgehead atoms. The van der Waals surface area contributed by atoms with Crippen molar-refractivity contribution in [2.24, 2.45) is 0 Å². The van der Waals surface area contributed by atoms with Gasteiger partial charge in [-0.15, -0.1) is 0 Å². The lowest BCUT2D eigenvalue weighted by Crippen LogP contribution is -2.55. The molecule has 1 aliphatic rings. The molecular weight excluding hydrogens is 234 g/mol. The van der Waals surface area contributed by atoms with Gasteiger partial charge in [-0.05, 0) is 26.5 Å². The third-order valence-corrected chi connectivity index (χ3v) is 4.23. The first-order valence-electron chi connectivity index (χ1n) is 7.00. The quantitative estimate of drug-likeness (QED) is 0.832. The highest BCUT2D eigenvalue weighted by Crippen LogP contribution is 2.20. The first-order chi connectivity index (χ1) is 9.11. The second kappa shape index (κ2) is 6.18. The molecule has 0 saturated carbocycles. The van der Waals surface area contributed by atoms with Crippen LogP contribution in [0.3, 0.4) is 0 Å². The average Bonchev–Trinajstić information content (AvgIpc) is 2.43. The van der Waals surface area contributed by atoms with Crippen molar-refractivity contribution in [3.05, 3.63) is 35.9 Å². The molecule has 1 heterocycles. The molecule has 1 fully saturated rings. The van der Waals surface area contributed by atoms with Gasteiger partial charge in [0.15, 0.2) is 0 Å². The topological polar surface area (TPSA) is 30.3 Å². The van der Waals surface area contributed by atoms with Gasteiger partial charge >= 0.3 is 0 Å². The normalized spacial score (nSPS) is 26.8. The predicted octanol–water partition coefficient (Wildman–Crippen LogP) is 2.32. The Labute approximate surface area is 116 Å². The summed E-state index contributed by atoms with van der Waals surface area (Å²) in [5, 5.41) is 9.41. The van der Waals surface area contributed by atoms with Crippen LogP contribution < -0.4 is 0 Å². The highest BCUT2D eigenvalue weighted by Gasteiger charge is 2.28. The molecule has 102 valence electrons. The number of nitrogens with zero attached hydrogens (tertiary/aromatic N) is 3. The van der Waals surface area contributed by atoms with Crippen molar-refractivity contribution in [3.8, 4) is 6.07 Å². The monoisotopic (exact) mass is 257 g/mol. The van der Waals surface area contributed by atoms with Crippen LogP contribution >= 0.6 is 0 Å². The fraction of sp³-hybridized carbons (Fsp3) is 0.562. The number of piperazine rings is 1. The van der Waals surface area contributed by atoms with E-state index in [4.69, 9.17) is 0 Å². The lowest BCUT2D eigenvalue weighted by atomic mass is 9.98. The molecule has 19 heavy (non-hydrogen) atoms. The summed E-state index contributed by atoms with van der Waals surface area (Å²) in [5.74, 6) is -0.0241. The summed E-state index contributed by atoms with van der Waals surface area (Å²) >= 11 is 0. The molecule has 1 aromatic rings. The molecule has 3 atom stereocenters. The van der Waals surface area contributed by atoms with Crippen LogP contribution in [0.5, 0.6) is 0 Å². The SMILES string of the molecule is CC1CN(CC(C#N)c2ccccc2)CC(C)N1C. The zero-order valence-corrected chi connectivity index (χ0v) is 12.1. The summed E-state index contributed by atoms with van der Waals surface area (Å²) in [6.45, 7) is 7.44. The van der Waals surface area contributed by atoms with Crippen LogP contribution in [0.4, 0.5) is 0 Å². The second-order valence-electron chi connectivity index (χ2n) is 5.67. The fourth-order valence-corrected chi connectivity index (χ4v) is 2.83. The van der Waals surface area contributed by atoms with Gasteiger partial charge in [-0.25, -0.2) is 0 Å². The van der Waals surface area contributed by atoms with Gasteiger partial charge in [-0.2, -0.15) is 5.26 Å². The van der Waals surface area contributed by atoms with E-state index in [0.717, 1.165) is 25.2 Å². The molecule has 3 nitrogen and oxygen atoms in total. The molecule has 0 aliphatic carbocycles. The zero-order valence-electron chi connectivity index (χ0n) is 12.1. The Hall–Kier alpha value is -1.37. The van der Waals surface area contributed by atoms with E-state index in [1.165, 1.54) is 0 Å². The molecule has 1 aromatic carbocycles. The Morgan fingerprint density at radius 3 is 2.32 bits per heavy atom. The number of hydrogen-bond donors (Lipinski definition) is 0. The molecule has 1 aliphatic heterocycles. The summed E-state index contributed by atoms with van der Waals surface area (Å²) < 4.78 is 0. The van der Waals surface area contributed by atoms with Crippen molar-refractivity contribution in [3.63, 3.8) is 0 Å². The molecule has 0 spiro atoms. The maximum Gasteiger partial charge on any atom is 0.0839 e. The van der Waals surface area contributed by atoms with Crippen LogP contribution in [0.15, 0.2) is 30.3 Å². The smallest absolute Gasteiger partial charge is 0.0839 e. The van der Waals surface area contributed by atoms with Crippen molar-refractivity contribution in [2.75, 3.05) is 26.7 Å². The van der Waals surface area contributed by atoms with E-state index in [1.54, 1.807) is 0 Å². The van der Waals surface area contributed by atoms with E-state index in [0.29, 0.717) is 12.1 Å². The minimum absolute atomic E-state index is 0.0241. The van der Waals surface area contributed by atoms with Gasteiger partial charge in [0.05, 0.1) is 12.0 Å². The first kappa shape index (κ1) is 14.0. The van der Waals surface area contributed by atoms with E-state index in [1.807, 2.05) is 18.2 Å².